The number of rotatable bonds is 3. The number of carbonyl (C=O) groups excluding carboxylic acids is 1. The van der Waals surface area contributed by atoms with E-state index in [9.17, 15) is 4.79 Å². The van der Waals surface area contributed by atoms with E-state index in [1.807, 2.05) is 18.2 Å². The Hall–Kier alpha value is -2.81. The molecule has 3 nitrogen and oxygen atoms in total. The standard InChI is InChI=1S/C27H31NO2/c1-19-14-25-22(10-7-11-27(25)30-3)16-24(21-8-5-4-6-9-21)23-13-12-20(18-29)15-26(23)28(2)17-19/h7,10-16,18,21H,4-6,8-9,17H2,1-3H3/b19-14-,24-16+. The van der Waals surface area contributed by atoms with Crippen LogP contribution in [0.4, 0.5) is 5.69 Å². The van der Waals surface area contributed by atoms with Crippen molar-refractivity contribution in [2.24, 2.45) is 5.92 Å². The van der Waals surface area contributed by atoms with E-state index in [1.165, 1.54) is 54.4 Å². The first kappa shape index (κ1) is 20.5. The van der Waals surface area contributed by atoms with Crippen LogP contribution in [0.25, 0.3) is 17.7 Å². The zero-order chi connectivity index (χ0) is 21.1. The third kappa shape index (κ3) is 4.07. The molecule has 1 aliphatic heterocycles. The lowest BCUT2D eigenvalue weighted by atomic mass is 9.79. The van der Waals surface area contributed by atoms with Gasteiger partial charge >= 0.3 is 0 Å². The second kappa shape index (κ2) is 8.91. The van der Waals surface area contributed by atoms with Gasteiger partial charge in [0.15, 0.2) is 0 Å². The molecule has 0 radical (unpaired) electrons. The third-order valence-corrected chi connectivity index (χ3v) is 6.43. The number of methoxy groups -OCH3 is 1. The maximum atomic E-state index is 11.5. The van der Waals surface area contributed by atoms with E-state index >= 15 is 0 Å². The predicted octanol–water partition coefficient (Wildman–Crippen LogP) is 6.48. The fraction of sp³-hybridized carbons (Fsp3) is 0.370. The third-order valence-electron chi connectivity index (χ3n) is 6.43. The van der Waals surface area contributed by atoms with Crippen molar-refractivity contribution in [3.8, 4) is 5.75 Å². The molecule has 0 unspecified atom stereocenters. The quantitative estimate of drug-likeness (QED) is 0.551. The van der Waals surface area contributed by atoms with Crippen molar-refractivity contribution in [3.63, 3.8) is 0 Å². The Balaban J connectivity index is 1.99. The number of anilines is 1. The molecular formula is C27H31NO2. The van der Waals surface area contributed by atoms with Crippen LogP contribution in [-0.2, 0) is 0 Å². The summed E-state index contributed by atoms with van der Waals surface area (Å²) in [5, 5.41) is 0. The summed E-state index contributed by atoms with van der Waals surface area (Å²) in [5.74, 6) is 1.45. The molecule has 30 heavy (non-hydrogen) atoms. The number of fused-ring (bicyclic) bond motifs is 2. The molecular weight excluding hydrogens is 370 g/mol. The number of aldehydes is 1. The van der Waals surface area contributed by atoms with Crippen LogP contribution < -0.4 is 9.64 Å². The Labute approximate surface area is 180 Å². The average molecular weight is 402 g/mol. The van der Waals surface area contributed by atoms with Crippen molar-refractivity contribution < 1.29 is 9.53 Å². The summed E-state index contributed by atoms with van der Waals surface area (Å²) in [6, 6.07) is 12.4. The number of hydrogen-bond donors (Lipinski definition) is 0. The molecule has 0 aromatic heterocycles. The highest BCUT2D eigenvalue weighted by Gasteiger charge is 2.24. The van der Waals surface area contributed by atoms with Gasteiger partial charge in [-0.15, -0.1) is 0 Å². The molecule has 1 aliphatic carbocycles. The summed E-state index contributed by atoms with van der Waals surface area (Å²) in [6.45, 7) is 2.95. The summed E-state index contributed by atoms with van der Waals surface area (Å²) in [4.78, 5) is 13.8. The molecule has 0 amide bonds. The highest BCUT2D eigenvalue weighted by molar-refractivity contribution is 5.92. The summed E-state index contributed by atoms with van der Waals surface area (Å²) < 4.78 is 5.71. The van der Waals surface area contributed by atoms with Gasteiger partial charge in [0.05, 0.1) is 7.11 Å². The molecule has 0 spiro atoms. The van der Waals surface area contributed by atoms with Gasteiger partial charge in [0, 0.05) is 36.0 Å². The van der Waals surface area contributed by atoms with E-state index in [-0.39, 0.29) is 0 Å². The minimum atomic E-state index is 0.538. The molecule has 1 fully saturated rings. The van der Waals surface area contributed by atoms with Gasteiger partial charge < -0.3 is 9.64 Å². The summed E-state index contributed by atoms with van der Waals surface area (Å²) in [7, 11) is 3.86. The molecule has 1 saturated carbocycles. The molecule has 0 bridgehead atoms. The number of benzene rings is 2. The maximum Gasteiger partial charge on any atom is 0.150 e. The second-order valence-corrected chi connectivity index (χ2v) is 8.64. The van der Waals surface area contributed by atoms with Crippen molar-refractivity contribution in [1.82, 2.24) is 0 Å². The van der Waals surface area contributed by atoms with Crippen LogP contribution in [0.1, 0.15) is 66.1 Å². The normalized spacial score (nSPS) is 20.8. The van der Waals surface area contributed by atoms with Crippen molar-refractivity contribution in [2.45, 2.75) is 39.0 Å². The molecule has 3 heteroatoms. The van der Waals surface area contributed by atoms with Gasteiger partial charge in [-0.2, -0.15) is 0 Å². The lowest BCUT2D eigenvalue weighted by Crippen LogP contribution is -2.22. The van der Waals surface area contributed by atoms with Crippen LogP contribution in [-0.4, -0.2) is 27.0 Å². The van der Waals surface area contributed by atoms with Crippen LogP contribution >= 0.6 is 0 Å². The number of nitrogens with zero attached hydrogens (tertiary/aromatic N) is 1. The second-order valence-electron chi connectivity index (χ2n) is 8.64. The van der Waals surface area contributed by atoms with Gasteiger partial charge in [-0.3, -0.25) is 4.79 Å². The highest BCUT2D eigenvalue weighted by atomic mass is 16.5. The molecule has 0 atom stereocenters. The first-order valence-corrected chi connectivity index (χ1v) is 11.0. The van der Waals surface area contributed by atoms with Crippen molar-refractivity contribution in [1.29, 1.82) is 0 Å². The van der Waals surface area contributed by atoms with Crippen molar-refractivity contribution >= 4 is 29.7 Å². The predicted molar refractivity (Wildman–Crippen MR) is 126 cm³/mol. The number of allylic oxidation sites excluding steroid dienone is 1. The van der Waals surface area contributed by atoms with Crippen molar-refractivity contribution in [2.75, 3.05) is 25.6 Å². The minimum Gasteiger partial charge on any atom is -0.496 e. The Kier molecular flexibility index (Phi) is 6.08. The van der Waals surface area contributed by atoms with Crippen molar-refractivity contribution in [3.05, 3.63) is 64.2 Å². The fourth-order valence-corrected chi connectivity index (χ4v) is 4.95. The van der Waals surface area contributed by atoms with E-state index in [1.54, 1.807) is 7.11 Å². The maximum absolute atomic E-state index is 11.5. The smallest absolute Gasteiger partial charge is 0.150 e. The lowest BCUT2D eigenvalue weighted by Gasteiger charge is -2.30. The lowest BCUT2D eigenvalue weighted by molar-refractivity contribution is 0.112. The fourth-order valence-electron chi connectivity index (χ4n) is 4.95. The van der Waals surface area contributed by atoms with E-state index in [0.717, 1.165) is 35.4 Å². The Morgan fingerprint density at radius 1 is 1.07 bits per heavy atom. The SMILES string of the molecule is COc1cccc2c1/C=C(/C)CN(C)c1cc(C=O)ccc1/C(C1CCCCC1)=C/2. The van der Waals surface area contributed by atoms with E-state index in [2.05, 4.69) is 49.2 Å². The average Bonchev–Trinajstić information content (AvgIpc) is 2.78. The minimum absolute atomic E-state index is 0.538. The summed E-state index contributed by atoms with van der Waals surface area (Å²) in [6.07, 6.45) is 11.9. The summed E-state index contributed by atoms with van der Waals surface area (Å²) in [5.41, 5.74) is 8.09. The van der Waals surface area contributed by atoms with Gasteiger partial charge in [0.2, 0.25) is 0 Å². The van der Waals surface area contributed by atoms with Gasteiger partial charge in [0.25, 0.3) is 0 Å². The zero-order valence-corrected chi connectivity index (χ0v) is 18.3. The number of hydrogen-bond acceptors (Lipinski definition) is 3. The Morgan fingerprint density at radius 2 is 1.87 bits per heavy atom. The van der Waals surface area contributed by atoms with Gasteiger partial charge in [-0.25, -0.2) is 0 Å². The van der Waals surface area contributed by atoms with Gasteiger partial charge in [-0.05, 0) is 55.0 Å². The summed E-state index contributed by atoms with van der Waals surface area (Å²) >= 11 is 0. The molecule has 2 aliphatic rings. The molecule has 156 valence electrons. The monoisotopic (exact) mass is 401 g/mol. The topological polar surface area (TPSA) is 29.5 Å². The van der Waals surface area contributed by atoms with Gasteiger partial charge in [-0.1, -0.05) is 55.2 Å². The molecule has 0 saturated heterocycles. The van der Waals surface area contributed by atoms with E-state index in [0.29, 0.717) is 5.92 Å². The molecule has 1 heterocycles. The number of carbonyl (C=O) groups is 1. The largest absolute Gasteiger partial charge is 0.496 e. The molecule has 2 aromatic rings. The van der Waals surface area contributed by atoms with E-state index in [4.69, 9.17) is 4.74 Å². The first-order chi connectivity index (χ1) is 14.6. The van der Waals surface area contributed by atoms with E-state index < -0.39 is 0 Å². The van der Waals surface area contributed by atoms with Crippen LogP contribution in [0.2, 0.25) is 0 Å². The first-order valence-electron chi connectivity index (χ1n) is 11.0. The van der Waals surface area contributed by atoms with Crippen LogP contribution in [0.3, 0.4) is 0 Å². The molecule has 4 rings (SSSR count). The van der Waals surface area contributed by atoms with Gasteiger partial charge in [0.1, 0.15) is 12.0 Å². The molecule has 2 aromatic carbocycles. The van der Waals surface area contributed by atoms with Crippen LogP contribution in [0.15, 0.2) is 42.0 Å². The number of likely N-dealkylation sites (N-methyl/N-ethyl adjacent to an activating group) is 1. The Morgan fingerprint density at radius 3 is 2.60 bits per heavy atom. The van der Waals surface area contributed by atoms with Crippen LogP contribution in [0, 0.1) is 5.92 Å². The highest BCUT2D eigenvalue weighted by Crippen LogP contribution is 2.42. The molecule has 0 N–H and O–H groups in total. The van der Waals surface area contributed by atoms with Crippen LogP contribution in [0.5, 0.6) is 5.75 Å². The zero-order valence-electron chi connectivity index (χ0n) is 18.3. The number of ether oxygens (including phenoxy) is 1. The Bertz CT molecular complexity index is 996.